The smallest absolute Gasteiger partial charge is 0.00167 e. The molecular weight excluding hydrogens is 110 g/mol. The maximum Gasteiger partial charge on any atom is -0.00167 e. The molecule has 0 aromatic heterocycles. The molecule has 1 nitrogen and oxygen atoms in total. The first-order valence-electron chi connectivity index (χ1n) is 3.85. The summed E-state index contributed by atoms with van der Waals surface area (Å²) in [5.41, 5.74) is 0. The largest absolute Gasteiger partial charge is 0.313 e. The van der Waals surface area contributed by atoms with Gasteiger partial charge in [-0.15, -0.1) is 0 Å². The zero-order valence-corrected chi connectivity index (χ0v) is 6.48. The van der Waals surface area contributed by atoms with Gasteiger partial charge in [-0.3, -0.25) is 0 Å². The Morgan fingerprint density at radius 2 is 1.67 bits per heavy atom. The standard InChI is InChI=1S/C8H17N/c1-3-5-8(7-9)6-4-2/h7-9H,3-6H2,1-2H3. The average molecular weight is 127 g/mol. The number of hydrogen-bond acceptors (Lipinski definition) is 1. The van der Waals surface area contributed by atoms with Crippen molar-refractivity contribution >= 4 is 6.21 Å². The van der Waals surface area contributed by atoms with Crippen LogP contribution in [-0.4, -0.2) is 6.21 Å². The number of rotatable bonds is 5. The Hall–Kier alpha value is -0.330. The second kappa shape index (κ2) is 5.80. The Labute approximate surface area is 58.0 Å². The highest BCUT2D eigenvalue weighted by molar-refractivity contribution is 5.56. The molecule has 0 aromatic rings. The van der Waals surface area contributed by atoms with Crippen LogP contribution in [0.15, 0.2) is 0 Å². The Kier molecular flexibility index (Phi) is 5.59. The van der Waals surface area contributed by atoms with E-state index in [1.165, 1.54) is 25.7 Å². The second-order valence-electron chi connectivity index (χ2n) is 2.50. The van der Waals surface area contributed by atoms with Crippen molar-refractivity contribution in [3.8, 4) is 0 Å². The third kappa shape index (κ3) is 4.19. The Morgan fingerprint density at radius 1 is 1.22 bits per heavy atom. The molecule has 0 atom stereocenters. The lowest BCUT2D eigenvalue weighted by atomic mass is 10.0. The minimum Gasteiger partial charge on any atom is -0.313 e. The summed E-state index contributed by atoms with van der Waals surface area (Å²) in [6, 6.07) is 0. The SMILES string of the molecule is CCCC(C=N)CCC. The van der Waals surface area contributed by atoms with Crippen LogP contribution in [0.4, 0.5) is 0 Å². The van der Waals surface area contributed by atoms with E-state index < -0.39 is 0 Å². The molecule has 0 amide bonds. The van der Waals surface area contributed by atoms with E-state index >= 15 is 0 Å². The summed E-state index contributed by atoms with van der Waals surface area (Å²) in [4.78, 5) is 0. The molecule has 9 heavy (non-hydrogen) atoms. The quantitative estimate of drug-likeness (QED) is 0.549. The summed E-state index contributed by atoms with van der Waals surface area (Å²) in [6.45, 7) is 4.35. The molecule has 1 heteroatoms. The van der Waals surface area contributed by atoms with Crippen molar-refractivity contribution in [2.45, 2.75) is 39.5 Å². The van der Waals surface area contributed by atoms with Crippen molar-refractivity contribution in [1.82, 2.24) is 0 Å². The van der Waals surface area contributed by atoms with Crippen molar-refractivity contribution in [1.29, 1.82) is 5.41 Å². The van der Waals surface area contributed by atoms with Crippen LogP contribution in [0.1, 0.15) is 39.5 Å². The number of hydrogen-bond donors (Lipinski definition) is 1. The third-order valence-electron chi connectivity index (χ3n) is 1.55. The topological polar surface area (TPSA) is 23.9 Å². The van der Waals surface area contributed by atoms with Gasteiger partial charge in [0.15, 0.2) is 0 Å². The molecule has 0 fully saturated rings. The van der Waals surface area contributed by atoms with E-state index in [1.807, 2.05) is 0 Å². The van der Waals surface area contributed by atoms with Crippen LogP contribution in [0.25, 0.3) is 0 Å². The summed E-state index contributed by atoms with van der Waals surface area (Å²) in [7, 11) is 0. The lowest BCUT2D eigenvalue weighted by molar-refractivity contribution is 0.566. The lowest BCUT2D eigenvalue weighted by Crippen LogP contribution is -1.99. The monoisotopic (exact) mass is 127 g/mol. The summed E-state index contributed by atoms with van der Waals surface area (Å²) in [5.74, 6) is 0.556. The van der Waals surface area contributed by atoms with Gasteiger partial charge in [-0.25, -0.2) is 0 Å². The lowest BCUT2D eigenvalue weighted by Gasteiger charge is -2.06. The minimum atomic E-state index is 0.556. The van der Waals surface area contributed by atoms with Crippen LogP contribution in [0.2, 0.25) is 0 Å². The van der Waals surface area contributed by atoms with Gasteiger partial charge < -0.3 is 5.41 Å². The van der Waals surface area contributed by atoms with Crippen molar-refractivity contribution in [2.24, 2.45) is 5.92 Å². The highest BCUT2D eigenvalue weighted by Crippen LogP contribution is 2.09. The first-order valence-corrected chi connectivity index (χ1v) is 3.85. The van der Waals surface area contributed by atoms with Gasteiger partial charge in [-0.2, -0.15) is 0 Å². The highest BCUT2D eigenvalue weighted by Gasteiger charge is 1.99. The zero-order valence-electron chi connectivity index (χ0n) is 6.48. The van der Waals surface area contributed by atoms with Crippen LogP contribution in [0, 0.1) is 11.3 Å². The minimum absolute atomic E-state index is 0.556. The van der Waals surface area contributed by atoms with E-state index in [1.54, 1.807) is 6.21 Å². The van der Waals surface area contributed by atoms with Crippen molar-refractivity contribution < 1.29 is 0 Å². The molecule has 0 bridgehead atoms. The van der Waals surface area contributed by atoms with Gasteiger partial charge in [0.25, 0.3) is 0 Å². The third-order valence-corrected chi connectivity index (χ3v) is 1.55. The predicted molar refractivity (Wildman–Crippen MR) is 42.1 cm³/mol. The van der Waals surface area contributed by atoms with Gasteiger partial charge in [0.1, 0.15) is 0 Å². The Balaban J connectivity index is 3.29. The first kappa shape index (κ1) is 8.67. The van der Waals surface area contributed by atoms with E-state index in [0.29, 0.717) is 5.92 Å². The van der Waals surface area contributed by atoms with Crippen molar-refractivity contribution in [3.05, 3.63) is 0 Å². The van der Waals surface area contributed by atoms with Gasteiger partial charge in [-0.05, 0) is 25.0 Å². The van der Waals surface area contributed by atoms with Gasteiger partial charge >= 0.3 is 0 Å². The molecule has 1 N–H and O–H groups in total. The Bertz CT molecular complexity index is 63.0. The normalized spacial score (nSPS) is 10.1. The Morgan fingerprint density at radius 3 is 1.89 bits per heavy atom. The van der Waals surface area contributed by atoms with Gasteiger partial charge in [0.05, 0.1) is 0 Å². The van der Waals surface area contributed by atoms with E-state index in [9.17, 15) is 0 Å². The maximum atomic E-state index is 7.04. The molecule has 0 radical (unpaired) electrons. The fourth-order valence-corrected chi connectivity index (χ4v) is 1.05. The van der Waals surface area contributed by atoms with Crippen LogP contribution >= 0.6 is 0 Å². The molecule has 0 unspecified atom stereocenters. The van der Waals surface area contributed by atoms with E-state index in [0.717, 1.165) is 0 Å². The van der Waals surface area contributed by atoms with Crippen molar-refractivity contribution in [2.75, 3.05) is 0 Å². The molecule has 0 spiro atoms. The summed E-state index contributed by atoms with van der Waals surface area (Å²) >= 11 is 0. The van der Waals surface area contributed by atoms with Crippen molar-refractivity contribution in [3.63, 3.8) is 0 Å². The van der Waals surface area contributed by atoms with Gasteiger partial charge in [-0.1, -0.05) is 26.7 Å². The fraction of sp³-hybridized carbons (Fsp3) is 0.875. The molecule has 0 aromatic carbocycles. The van der Waals surface area contributed by atoms with Crippen LogP contribution < -0.4 is 0 Å². The zero-order chi connectivity index (χ0) is 7.11. The second-order valence-corrected chi connectivity index (χ2v) is 2.50. The molecule has 0 saturated carbocycles. The van der Waals surface area contributed by atoms with Crippen LogP contribution in [0.3, 0.4) is 0 Å². The average Bonchev–Trinajstić information content (AvgIpc) is 1.88. The fourth-order valence-electron chi connectivity index (χ4n) is 1.05. The molecule has 0 aliphatic heterocycles. The molecule has 0 rings (SSSR count). The molecule has 0 aliphatic carbocycles. The molecule has 0 saturated heterocycles. The maximum absolute atomic E-state index is 7.04. The first-order chi connectivity index (χ1) is 4.35. The molecule has 0 aliphatic rings. The summed E-state index contributed by atoms with van der Waals surface area (Å²) in [6.07, 6.45) is 6.39. The van der Waals surface area contributed by atoms with E-state index in [4.69, 9.17) is 5.41 Å². The summed E-state index contributed by atoms with van der Waals surface area (Å²) in [5, 5.41) is 7.04. The highest BCUT2D eigenvalue weighted by atomic mass is 14.3. The molecule has 54 valence electrons. The summed E-state index contributed by atoms with van der Waals surface area (Å²) < 4.78 is 0. The van der Waals surface area contributed by atoms with E-state index in [-0.39, 0.29) is 0 Å². The van der Waals surface area contributed by atoms with Gasteiger partial charge in [0.2, 0.25) is 0 Å². The van der Waals surface area contributed by atoms with Gasteiger partial charge in [0, 0.05) is 0 Å². The number of nitrogens with one attached hydrogen (secondary N) is 1. The van der Waals surface area contributed by atoms with Crippen LogP contribution in [-0.2, 0) is 0 Å². The molecular formula is C8H17N. The van der Waals surface area contributed by atoms with Crippen LogP contribution in [0.5, 0.6) is 0 Å². The molecule has 0 heterocycles. The van der Waals surface area contributed by atoms with E-state index in [2.05, 4.69) is 13.8 Å². The predicted octanol–water partition coefficient (Wildman–Crippen LogP) is 2.85.